The molecule has 2 aromatic heterocycles. The van der Waals surface area contributed by atoms with Crippen molar-refractivity contribution in [3.63, 3.8) is 0 Å². The molecule has 1 aliphatic rings. The summed E-state index contributed by atoms with van der Waals surface area (Å²) in [6.45, 7) is 4.18. The number of pyridine rings is 1. The molecule has 6 nitrogen and oxygen atoms in total. The molecule has 1 fully saturated rings. The van der Waals surface area contributed by atoms with Gasteiger partial charge in [0, 0.05) is 37.5 Å². The van der Waals surface area contributed by atoms with Gasteiger partial charge in [-0.2, -0.15) is 5.10 Å². The molecule has 31 heavy (non-hydrogen) atoms. The Morgan fingerprint density at radius 3 is 2.71 bits per heavy atom. The minimum absolute atomic E-state index is 0.743. The summed E-state index contributed by atoms with van der Waals surface area (Å²) in [6, 6.07) is 16.3. The van der Waals surface area contributed by atoms with Gasteiger partial charge >= 0.3 is 0 Å². The fourth-order valence-electron chi connectivity index (χ4n) is 3.83. The standard InChI is InChI=1S/C25H30N6/c1-20-9-7-10-21(17-20)19-27-30-24-18-25(31-15-5-2-6-16-31)29-23(28-24)13-8-12-22-11-3-4-14-26-22/h3-4,7,9-11,14,17-19H,2,5-6,8,12-13,15-16H2,1H3,(H,28,29,30)/b27-19+. The molecule has 0 amide bonds. The van der Waals surface area contributed by atoms with Gasteiger partial charge in [-0.05, 0) is 56.7 Å². The molecule has 1 aromatic carbocycles. The van der Waals surface area contributed by atoms with E-state index >= 15 is 0 Å². The van der Waals surface area contributed by atoms with Crippen molar-refractivity contribution < 1.29 is 0 Å². The molecule has 0 spiro atoms. The summed E-state index contributed by atoms with van der Waals surface area (Å²) in [6.07, 6.45) is 10.1. The highest BCUT2D eigenvalue weighted by Crippen LogP contribution is 2.21. The average molecular weight is 415 g/mol. The third kappa shape index (κ3) is 6.35. The zero-order valence-corrected chi connectivity index (χ0v) is 18.2. The molecule has 0 bridgehead atoms. The van der Waals surface area contributed by atoms with Crippen molar-refractivity contribution in [2.75, 3.05) is 23.4 Å². The Balaban J connectivity index is 1.46. The summed E-state index contributed by atoms with van der Waals surface area (Å²) in [4.78, 5) is 16.4. The highest BCUT2D eigenvalue weighted by molar-refractivity contribution is 5.80. The van der Waals surface area contributed by atoms with Crippen molar-refractivity contribution in [2.24, 2.45) is 5.10 Å². The van der Waals surface area contributed by atoms with Crippen LogP contribution >= 0.6 is 0 Å². The second-order valence-corrected chi connectivity index (χ2v) is 8.03. The Kier molecular flexibility index (Phi) is 7.21. The minimum atomic E-state index is 0.743. The Bertz CT molecular complexity index is 996. The second-order valence-electron chi connectivity index (χ2n) is 8.03. The van der Waals surface area contributed by atoms with Gasteiger partial charge < -0.3 is 4.90 Å². The summed E-state index contributed by atoms with van der Waals surface area (Å²) in [5, 5.41) is 4.41. The van der Waals surface area contributed by atoms with Crippen molar-refractivity contribution in [1.29, 1.82) is 0 Å². The average Bonchev–Trinajstić information content (AvgIpc) is 2.80. The van der Waals surface area contributed by atoms with Crippen LogP contribution < -0.4 is 10.3 Å². The van der Waals surface area contributed by atoms with E-state index in [1.807, 2.05) is 42.7 Å². The first-order valence-electron chi connectivity index (χ1n) is 11.1. The van der Waals surface area contributed by atoms with Crippen molar-refractivity contribution in [3.05, 3.63) is 77.4 Å². The lowest BCUT2D eigenvalue weighted by Gasteiger charge is -2.28. The van der Waals surface area contributed by atoms with Gasteiger partial charge in [0.2, 0.25) is 0 Å². The van der Waals surface area contributed by atoms with Gasteiger partial charge in [-0.1, -0.05) is 35.9 Å². The molecule has 1 N–H and O–H groups in total. The van der Waals surface area contributed by atoms with Crippen LogP contribution in [0.2, 0.25) is 0 Å². The molecule has 0 atom stereocenters. The van der Waals surface area contributed by atoms with E-state index in [2.05, 4.69) is 45.5 Å². The SMILES string of the molecule is Cc1cccc(/C=N/Nc2cc(N3CCCCC3)nc(CCCc3ccccn3)n2)c1. The van der Waals surface area contributed by atoms with Crippen LogP contribution in [0, 0.1) is 6.92 Å². The Labute approximate surface area is 184 Å². The first-order valence-corrected chi connectivity index (χ1v) is 11.1. The summed E-state index contributed by atoms with van der Waals surface area (Å²) >= 11 is 0. The van der Waals surface area contributed by atoms with Gasteiger partial charge in [0.1, 0.15) is 11.6 Å². The van der Waals surface area contributed by atoms with Crippen LogP contribution in [0.1, 0.15) is 48.3 Å². The summed E-state index contributed by atoms with van der Waals surface area (Å²) in [5.41, 5.74) is 6.51. The highest BCUT2D eigenvalue weighted by Gasteiger charge is 2.14. The first kappa shape index (κ1) is 21.0. The monoisotopic (exact) mass is 414 g/mol. The van der Waals surface area contributed by atoms with E-state index in [1.165, 1.54) is 24.8 Å². The maximum atomic E-state index is 4.87. The van der Waals surface area contributed by atoms with Crippen LogP contribution in [0.4, 0.5) is 11.6 Å². The van der Waals surface area contributed by atoms with E-state index in [0.717, 1.165) is 61.1 Å². The zero-order valence-electron chi connectivity index (χ0n) is 18.2. The molecule has 3 heterocycles. The molecule has 4 rings (SSSR count). The second kappa shape index (κ2) is 10.7. The van der Waals surface area contributed by atoms with Gasteiger partial charge in [-0.15, -0.1) is 0 Å². The molecule has 160 valence electrons. The largest absolute Gasteiger partial charge is 0.356 e. The number of piperidine rings is 1. The fourth-order valence-corrected chi connectivity index (χ4v) is 3.83. The normalized spacial score (nSPS) is 14.2. The van der Waals surface area contributed by atoms with E-state index in [9.17, 15) is 0 Å². The summed E-state index contributed by atoms with van der Waals surface area (Å²) in [7, 11) is 0. The van der Waals surface area contributed by atoms with Crippen molar-refractivity contribution in [2.45, 2.75) is 45.4 Å². The maximum Gasteiger partial charge on any atom is 0.152 e. The lowest BCUT2D eigenvalue weighted by atomic mass is 10.1. The van der Waals surface area contributed by atoms with E-state index in [0.29, 0.717) is 0 Å². The van der Waals surface area contributed by atoms with Crippen LogP contribution in [-0.2, 0) is 12.8 Å². The predicted octanol–water partition coefficient (Wildman–Crippen LogP) is 4.79. The van der Waals surface area contributed by atoms with Gasteiger partial charge in [0.15, 0.2) is 5.82 Å². The van der Waals surface area contributed by atoms with E-state index in [1.54, 1.807) is 0 Å². The van der Waals surface area contributed by atoms with Crippen molar-refractivity contribution >= 4 is 17.9 Å². The number of nitrogens with one attached hydrogen (secondary N) is 1. The number of hydrazone groups is 1. The van der Waals surface area contributed by atoms with Gasteiger partial charge in [-0.3, -0.25) is 10.4 Å². The van der Waals surface area contributed by atoms with E-state index < -0.39 is 0 Å². The first-order chi connectivity index (χ1) is 15.3. The highest BCUT2D eigenvalue weighted by atomic mass is 15.3. The molecule has 1 saturated heterocycles. The number of hydrogen-bond acceptors (Lipinski definition) is 6. The molecule has 0 unspecified atom stereocenters. The maximum absolute atomic E-state index is 4.87. The van der Waals surface area contributed by atoms with Crippen LogP contribution in [0.5, 0.6) is 0 Å². The number of anilines is 2. The molecular formula is C25H30N6. The molecule has 1 aliphatic heterocycles. The molecule has 3 aromatic rings. The quantitative estimate of drug-likeness (QED) is 0.424. The molecule has 0 radical (unpaired) electrons. The van der Waals surface area contributed by atoms with Gasteiger partial charge in [-0.25, -0.2) is 9.97 Å². The minimum Gasteiger partial charge on any atom is -0.356 e. The Morgan fingerprint density at radius 2 is 1.90 bits per heavy atom. The molecule has 0 aliphatic carbocycles. The number of aryl methyl sites for hydroxylation is 3. The Morgan fingerprint density at radius 1 is 1.00 bits per heavy atom. The third-order valence-corrected chi connectivity index (χ3v) is 5.43. The zero-order chi connectivity index (χ0) is 21.3. The topological polar surface area (TPSA) is 66.3 Å². The molecule has 0 saturated carbocycles. The fraction of sp³-hybridized carbons (Fsp3) is 0.360. The van der Waals surface area contributed by atoms with Crippen LogP contribution in [-0.4, -0.2) is 34.3 Å². The van der Waals surface area contributed by atoms with E-state index in [4.69, 9.17) is 9.97 Å². The number of aromatic nitrogens is 3. The van der Waals surface area contributed by atoms with Crippen LogP contribution in [0.15, 0.2) is 59.8 Å². The summed E-state index contributed by atoms with van der Waals surface area (Å²) in [5.74, 6) is 2.59. The number of rotatable bonds is 8. The lowest BCUT2D eigenvalue weighted by molar-refractivity contribution is 0.571. The van der Waals surface area contributed by atoms with Crippen molar-refractivity contribution in [3.8, 4) is 0 Å². The number of benzene rings is 1. The van der Waals surface area contributed by atoms with Gasteiger partial charge in [0.25, 0.3) is 0 Å². The predicted molar refractivity (Wildman–Crippen MR) is 127 cm³/mol. The Hall–Kier alpha value is -3.28. The van der Waals surface area contributed by atoms with Gasteiger partial charge in [0.05, 0.1) is 6.21 Å². The number of hydrogen-bond donors (Lipinski definition) is 1. The molecule has 6 heteroatoms. The van der Waals surface area contributed by atoms with Crippen molar-refractivity contribution in [1.82, 2.24) is 15.0 Å². The van der Waals surface area contributed by atoms with Crippen LogP contribution in [0.25, 0.3) is 0 Å². The van der Waals surface area contributed by atoms with E-state index in [-0.39, 0.29) is 0 Å². The summed E-state index contributed by atoms with van der Waals surface area (Å²) < 4.78 is 0. The smallest absolute Gasteiger partial charge is 0.152 e. The lowest BCUT2D eigenvalue weighted by Crippen LogP contribution is -2.30. The molecular weight excluding hydrogens is 384 g/mol. The number of nitrogens with zero attached hydrogens (tertiary/aromatic N) is 5. The third-order valence-electron chi connectivity index (χ3n) is 5.43. The van der Waals surface area contributed by atoms with Crippen LogP contribution in [0.3, 0.4) is 0 Å².